The van der Waals surface area contributed by atoms with Crippen molar-refractivity contribution in [3.63, 3.8) is 0 Å². The highest BCUT2D eigenvalue weighted by Gasteiger charge is 2.17. The summed E-state index contributed by atoms with van der Waals surface area (Å²) >= 11 is 0. The maximum absolute atomic E-state index is 5.59. The summed E-state index contributed by atoms with van der Waals surface area (Å²) in [7, 11) is 0. The van der Waals surface area contributed by atoms with Gasteiger partial charge in [0.1, 0.15) is 5.75 Å². The van der Waals surface area contributed by atoms with Crippen molar-refractivity contribution in [1.82, 2.24) is 0 Å². The lowest BCUT2D eigenvalue weighted by Crippen LogP contribution is -2.12. The first-order valence-corrected chi connectivity index (χ1v) is 5.07. The molecule has 2 rings (SSSR count). The predicted octanol–water partition coefficient (Wildman–Crippen LogP) is 3.14. The van der Waals surface area contributed by atoms with Gasteiger partial charge >= 0.3 is 0 Å². The van der Waals surface area contributed by atoms with E-state index in [-0.39, 0.29) is 0 Å². The van der Waals surface area contributed by atoms with Gasteiger partial charge in [0.15, 0.2) is 0 Å². The molecule has 1 aliphatic heterocycles. The third kappa shape index (κ3) is 1.55. The highest BCUT2D eigenvalue weighted by Crippen LogP contribution is 2.33. The molecular weight excluding hydrogens is 160 g/mol. The molecule has 0 N–H and O–H groups in total. The number of rotatable bonds is 1. The van der Waals surface area contributed by atoms with Gasteiger partial charge in [-0.3, -0.25) is 0 Å². The summed E-state index contributed by atoms with van der Waals surface area (Å²) in [5.74, 6) is 1.76. The second-order valence-corrected chi connectivity index (χ2v) is 3.76. The van der Waals surface area contributed by atoms with E-state index in [4.69, 9.17) is 4.74 Å². The van der Waals surface area contributed by atoms with Crippen LogP contribution in [0.25, 0.3) is 0 Å². The van der Waals surface area contributed by atoms with Crippen molar-refractivity contribution < 1.29 is 4.74 Å². The Balaban J connectivity index is 2.41. The number of hydrogen-bond donors (Lipinski definition) is 0. The van der Waals surface area contributed by atoms with Gasteiger partial charge in [-0.2, -0.15) is 0 Å². The van der Waals surface area contributed by atoms with E-state index in [9.17, 15) is 0 Å². The van der Waals surface area contributed by atoms with Gasteiger partial charge in [0.25, 0.3) is 0 Å². The first kappa shape index (κ1) is 8.61. The Morgan fingerprint density at radius 3 is 3.08 bits per heavy atom. The lowest BCUT2D eigenvalue weighted by molar-refractivity contribution is 0.272. The zero-order valence-electron chi connectivity index (χ0n) is 8.34. The van der Waals surface area contributed by atoms with Crippen LogP contribution < -0.4 is 4.74 Å². The molecule has 0 saturated heterocycles. The summed E-state index contributed by atoms with van der Waals surface area (Å²) in [6.45, 7) is 5.34. The number of aryl methyl sites for hydroxylation is 1. The number of ether oxygens (including phenoxy) is 1. The minimum absolute atomic E-state index is 0.662. The van der Waals surface area contributed by atoms with Crippen LogP contribution in [-0.2, 0) is 6.42 Å². The summed E-state index contributed by atoms with van der Waals surface area (Å²) in [5, 5.41) is 0. The van der Waals surface area contributed by atoms with Crippen molar-refractivity contribution in [2.45, 2.75) is 32.6 Å². The van der Waals surface area contributed by atoms with Gasteiger partial charge < -0.3 is 4.74 Å². The molecule has 1 aromatic carbocycles. The van der Waals surface area contributed by atoms with Crippen molar-refractivity contribution in [1.29, 1.82) is 0 Å². The monoisotopic (exact) mass is 176 g/mol. The van der Waals surface area contributed by atoms with Crippen LogP contribution in [0, 0.1) is 0 Å². The van der Waals surface area contributed by atoms with Gasteiger partial charge in [-0.05, 0) is 36.0 Å². The van der Waals surface area contributed by atoms with Gasteiger partial charge in [-0.15, -0.1) is 0 Å². The molecule has 1 atom stereocenters. The maximum atomic E-state index is 5.59. The minimum Gasteiger partial charge on any atom is -0.493 e. The van der Waals surface area contributed by atoms with Crippen LogP contribution in [0.5, 0.6) is 5.75 Å². The Morgan fingerprint density at radius 2 is 2.31 bits per heavy atom. The molecule has 0 aliphatic carbocycles. The van der Waals surface area contributed by atoms with Crippen molar-refractivity contribution in [2.24, 2.45) is 0 Å². The van der Waals surface area contributed by atoms with Crippen molar-refractivity contribution in [3.8, 4) is 5.75 Å². The lowest BCUT2D eigenvalue weighted by atomic mass is 9.93. The van der Waals surface area contributed by atoms with Gasteiger partial charge in [0.05, 0.1) is 6.61 Å². The van der Waals surface area contributed by atoms with Gasteiger partial charge in [0, 0.05) is 0 Å². The van der Waals surface area contributed by atoms with E-state index in [1.54, 1.807) is 0 Å². The average Bonchev–Trinajstić information content (AvgIpc) is 2.18. The van der Waals surface area contributed by atoms with E-state index < -0.39 is 0 Å². The van der Waals surface area contributed by atoms with Gasteiger partial charge in [-0.1, -0.05) is 26.0 Å². The van der Waals surface area contributed by atoms with E-state index in [1.165, 1.54) is 11.1 Å². The number of benzene rings is 1. The van der Waals surface area contributed by atoms with E-state index in [1.807, 2.05) is 0 Å². The Morgan fingerprint density at radius 1 is 1.46 bits per heavy atom. The molecule has 0 radical (unpaired) electrons. The largest absolute Gasteiger partial charge is 0.493 e. The lowest BCUT2D eigenvalue weighted by Gasteiger charge is -2.23. The molecule has 0 unspecified atom stereocenters. The van der Waals surface area contributed by atoms with E-state index in [0.717, 1.165) is 25.2 Å². The third-order valence-electron chi connectivity index (χ3n) is 2.82. The van der Waals surface area contributed by atoms with E-state index in [2.05, 4.69) is 32.0 Å². The summed E-state index contributed by atoms with van der Waals surface area (Å²) in [4.78, 5) is 0. The van der Waals surface area contributed by atoms with Crippen LogP contribution >= 0.6 is 0 Å². The van der Waals surface area contributed by atoms with Gasteiger partial charge in [0.2, 0.25) is 0 Å². The minimum atomic E-state index is 0.662. The fourth-order valence-corrected chi connectivity index (χ4v) is 1.84. The molecule has 0 aromatic heterocycles. The fourth-order valence-electron chi connectivity index (χ4n) is 1.84. The smallest absolute Gasteiger partial charge is 0.122 e. The molecule has 1 heterocycles. The molecule has 1 heteroatoms. The van der Waals surface area contributed by atoms with E-state index in [0.29, 0.717) is 5.92 Å². The second-order valence-electron chi connectivity index (χ2n) is 3.76. The molecule has 0 amide bonds. The summed E-state index contributed by atoms with van der Waals surface area (Å²) < 4.78 is 5.59. The molecule has 13 heavy (non-hydrogen) atoms. The molecular formula is C12H16O. The highest BCUT2D eigenvalue weighted by atomic mass is 16.5. The zero-order valence-corrected chi connectivity index (χ0v) is 8.34. The molecule has 0 bridgehead atoms. The molecule has 1 aromatic rings. The van der Waals surface area contributed by atoms with Crippen LogP contribution in [0.15, 0.2) is 18.2 Å². The second kappa shape index (κ2) is 3.41. The van der Waals surface area contributed by atoms with Crippen molar-refractivity contribution in [2.75, 3.05) is 6.61 Å². The quantitative estimate of drug-likeness (QED) is 0.638. The Bertz CT molecular complexity index is 304. The third-order valence-corrected chi connectivity index (χ3v) is 2.82. The van der Waals surface area contributed by atoms with Crippen molar-refractivity contribution in [3.05, 3.63) is 29.3 Å². The van der Waals surface area contributed by atoms with Crippen LogP contribution in [0.1, 0.15) is 37.3 Å². The SMILES string of the molecule is CCc1ccc2c(c1)[C@H](C)CCO2. The topological polar surface area (TPSA) is 9.23 Å². The fraction of sp³-hybridized carbons (Fsp3) is 0.500. The highest BCUT2D eigenvalue weighted by molar-refractivity contribution is 5.40. The van der Waals surface area contributed by atoms with Crippen LogP contribution in [-0.4, -0.2) is 6.61 Å². The first-order valence-electron chi connectivity index (χ1n) is 5.07. The Hall–Kier alpha value is -0.980. The average molecular weight is 176 g/mol. The summed E-state index contributed by atoms with van der Waals surface area (Å²) in [5.41, 5.74) is 2.81. The Labute approximate surface area is 79.7 Å². The molecule has 70 valence electrons. The van der Waals surface area contributed by atoms with Crippen LogP contribution in [0.3, 0.4) is 0 Å². The molecule has 1 nitrogen and oxygen atoms in total. The molecule has 0 fully saturated rings. The standard InChI is InChI=1S/C12H16O/c1-3-10-4-5-12-11(8-10)9(2)6-7-13-12/h4-5,8-9H,3,6-7H2,1-2H3/t9-/m1/s1. The van der Waals surface area contributed by atoms with Crippen molar-refractivity contribution >= 4 is 0 Å². The Kier molecular flexibility index (Phi) is 2.26. The van der Waals surface area contributed by atoms with Gasteiger partial charge in [-0.25, -0.2) is 0 Å². The zero-order chi connectivity index (χ0) is 9.26. The first-order chi connectivity index (χ1) is 6.31. The maximum Gasteiger partial charge on any atom is 0.122 e. The number of hydrogen-bond acceptors (Lipinski definition) is 1. The molecule has 0 spiro atoms. The number of fused-ring (bicyclic) bond motifs is 1. The summed E-state index contributed by atoms with van der Waals surface area (Å²) in [6.07, 6.45) is 2.26. The molecule has 1 aliphatic rings. The van der Waals surface area contributed by atoms with Crippen LogP contribution in [0.4, 0.5) is 0 Å². The summed E-state index contributed by atoms with van der Waals surface area (Å²) in [6, 6.07) is 6.57. The predicted molar refractivity (Wildman–Crippen MR) is 54.3 cm³/mol. The van der Waals surface area contributed by atoms with Crippen LogP contribution in [0.2, 0.25) is 0 Å². The van der Waals surface area contributed by atoms with E-state index >= 15 is 0 Å². The molecule has 0 saturated carbocycles. The normalized spacial score (nSPS) is 20.6.